The summed E-state index contributed by atoms with van der Waals surface area (Å²) >= 11 is 0. The Morgan fingerprint density at radius 1 is 0.964 bits per heavy atom. The van der Waals surface area contributed by atoms with Crippen molar-refractivity contribution in [1.82, 2.24) is 24.8 Å². The van der Waals surface area contributed by atoms with Crippen molar-refractivity contribution >= 4 is 11.6 Å². The first kappa shape index (κ1) is 16.9. The van der Waals surface area contributed by atoms with E-state index in [-0.39, 0.29) is 5.62 Å². The zero-order valence-electron chi connectivity index (χ0n) is 15.7. The first-order valence-corrected chi connectivity index (χ1v) is 9.46. The minimum Gasteiger partial charge on any atom is -0.480 e. The van der Waals surface area contributed by atoms with E-state index in [1.165, 1.54) is 0 Å². The third-order valence-electron chi connectivity index (χ3n) is 5.26. The molecule has 1 aromatic rings. The van der Waals surface area contributed by atoms with Crippen LogP contribution < -0.4 is 25.9 Å². The molecule has 4 aliphatic heterocycles. The van der Waals surface area contributed by atoms with Gasteiger partial charge in [0.25, 0.3) is 0 Å². The van der Waals surface area contributed by atoms with Crippen LogP contribution in [-0.4, -0.2) is 59.4 Å². The molecular formula is C19H22N8O. The Kier molecular flexibility index (Phi) is 4.09. The smallest absolute Gasteiger partial charge is 0.244 e. The monoisotopic (exact) mass is 378 g/mol. The minimum absolute atomic E-state index is 0.0106. The summed E-state index contributed by atoms with van der Waals surface area (Å²) in [5, 5.41) is 14.8. The molecule has 0 atom stereocenters. The van der Waals surface area contributed by atoms with Gasteiger partial charge in [0.05, 0.1) is 18.4 Å². The zero-order chi connectivity index (χ0) is 19.1. The summed E-state index contributed by atoms with van der Waals surface area (Å²) < 4.78 is 7.71. The van der Waals surface area contributed by atoms with E-state index in [1.807, 2.05) is 24.3 Å². The van der Waals surface area contributed by atoms with E-state index in [9.17, 15) is 0 Å². The van der Waals surface area contributed by atoms with Gasteiger partial charge in [0.2, 0.25) is 11.5 Å². The van der Waals surface area contributed by atoms with Crippen LogP contribution in [0.1, 0.15) is 0 Å². The van der Waals surface area contributed by atoms with Gasteiger partial charge >= 0.3 is 0 Å². The molecule has 0 spiro atoms. The Balaban J connectivity index is 1.64. The molecule has 0 bridgehead atoms. The number of ether oxygens (including phenoxy) is 1. The molecule has 0 aliphatic carbocycles. The second kappa shape index (κ2) is 6.75. The van der Waals surface area contributed by atoms with Crippen molar-refractivity contribution in [3.8, 4) is 28.5 Å². The number of piperazine rings is 1. The van der Waals surface area contributed by atoms with Crippen molar-refractivity contribution in [1.29, 1.82) is 5.41 Å². The largest absolute Gasteiger partial charge is 0.480 e. The van der Waals surface area contributed by atoms with Crippen molar-refractivity contribution in [2.24, 2.45) is 0 Å². The fourth-order valence-electron chi connectivity index (χ4n) is 3.90. The van der Waals surface area contributed by atoms with Crippen LogP contribution >= 0.6 is 0 Å². The van der Waals surface area contributed by atoms with Gasteiger partial charge < -0.3 is 24.8 Å². The van der Waals surface area contributed by atoms with Crippen molar-refractivity contribution in [2.75, 3.05) is 50.1 Å². The Morgan fingerprint density at radius 2 is 1.79 bits per heavy atom. The molecule has 144 valence electrons. The average Bonchev–Trinajstić information content (AvgIpc) is 3.23. The number of nitrogens with zero attached hydrogens (tertiary/aromatic N) is 5. The topological polar surface area (TPSA) is 104 Å². The molecule has 1 saturated heterocycles. The minimum atomic E-state index is -0.0106. The highest BCUT2D eigenvalue weighted by Crippen LogP contribution is 2.37. The highest BCUT2D eigenvalue weighted by atomic mass is 16.5. The average molecular weight is 378 g/mol. The molecule has 4 aliphatic rings. The Morgan fingerprint density at radius 3 is 2.61 bits per heavy atom. The summed E-state index contributed by atoms with van der Waals surface area (Å²) in [6.07, 6.45) is 0. The molecule has 28 heavy (non-hydrogen) atoms. The van der Waals surface area contributed by atoms with Crippen LogP contribution in [0.25, 0.3) is 22.6 Å². The van der Waals surface area contributed by atoms with Crippen LogP contribution in [0, 0.1) is 5.41 Å². The number of fused-ring (bicyclic) bond motifs is 3. The van der Waals surface area contributed by atoms with Crippen LogP contribution in [0.2, 0.25) is 0 Å². The summed E-state index contributed by atoms with van der Waals surface area (Å²) in [7, 11) is 1.62. The number of hydrogen-bond donors (Lipinski definition) is 3. The lowest BCUT2D eigenvalue weighted by molar-refractivity contribution is 0.399. The molecule has 9 nitrogen and oxygen atoms in total. The number of aromatic nitrogens is 4. The standard InChI is InChI=1S/C19H22N8O/c1-28-18-13(3-5-15(23-18)26-9-6-21-7-10-26)16-12-2-4-14-22-8-11-27(14)17(12)25-19(20)24-16/h2-5,20-22H,6-11H2,1H3. The number of anilines is 2. The van der Waals surface area contributed by atoms with Gasteiger partial charge in [-0.15, -0.1) is 0 Å². The maximum absolute atomic E-state index is 8.13. The predicted molar refractivity (Wildman–Crippen MR) is 106 cm³/mol. The van der Waals surface area contributed by atoms with Gasteiger partial charge in [-0.05, 0) is 24.3 Å². The lowest BCUT2D eigenvalue weighted by atomic mass is 10.1. The quantitative estimate of drug-likeness (QED) is 0.618. The molecule has 1 fully saturated rings. The van der Waals surface area contributed by atoms with E-state index in [0.717, 1.165) is 67.9 Å². The van der Waals surface area contributed by atoms with E-state index < -0.39 is 0 Å². The zero-order valence-corrected chi connectivity index (χ0v) is 15.7. The van der Waals surface area contributed by atoms with Crippen LogP contribution in [0.5, 0.6) is 5.88 Å². The first-order valence-electron chi connectivity index (χ1n) is 9.46. The number of hydrogen-bond acceptors (Lipinski definition) is 8. The summed E-state index contributed by atoms with van der Waals surface area (Å²) in [5.41, 5.74) is 2.32. The highest BCUT2D eigenvalue weighted by Gasteiger charge is 2.23. The van der Waals surface area contributed by atoms with Gasteiger partial charge in [-0.25, -0.2) is 4.98 Å². The number of methoxy groups -OCH3 is 1. The third-order valence-corrected chi connectivity index (χ3v) is 5.26. The molecule has 0 radical (unpaired) electrons. The fraction of sp³-hybridized carbons (Fsp3) is 0.368. The first-order chi connectivity index (χ1) is 13.7. The number of pyridine rings is 2. The third kappa shape index (κ3) is 2.75. The second-order valence-corrected chi connectivity index (χ2v) is 6.89. The van der Waals surface area contributed by atoms with Crippen LogP contribution in [-0.2, 0) is 6.54 Å². The van der Waals surface area contributed by atoms with Gasteiger partial charge in [-0.3, -0.25) is 5.41 Å². The molecule has 0 amide bonds. The van der Waals surface area contributed by atoms with Gasteiger partial charge in [0.15, 0.2) is 0 Å². The predicted octanol–water partition coefficient (Wildman–Crippen LogP) is 0.768. The molecule has 0 aromatic carbocycles. The molecule has 9 heteroatoms. The van der Waals surface area contributed by atoms with Crippen molar-refractivity contribution in [2.45, 2.75) is 6.54 Å². The summed E-state index contributed by atoms with van der Waals surface area (Å²) in [6.45, 7) is 5.40. The second-order valence-electron chi connectivity index (χ2n) is 6.89. The maximum atomic E-state index is 8.13. The number of nitrogens with one attached hydrogen (secondary N) is 3. The Labute approximate surface area is 162 Å². The molecular weight excluding hydrogens is 356 g/mol. The van der Waals surface area contributed by atoms with Gasteiger partial charge in [-0.1, -0.05) is 0 Å². The molecule has 0 saturated carbocycles. The van der Waals surface area contributed by atoms with Crippen LogP contribution in [0.15, 0.2) is 24.3 Å². The van der Waals surface area contributed by atoms with E-state index in [2.05, 4.69) is 30.1 Å². The van der Waals surface area contributed by atoms with E-state index >= 15 is 0 Å². The molecule has 5 heterocycles. The maximum Gasteiger partial charge on any atom is 0.244 e. The lowest BCUT2D eigenvalue weighted by Gasteiger charge is -2.28. The van der Waals surface area contributed by atoms with Crippen molar-refractivity contribution in [3.05, 3.63) is 29.9 Å². The van der Waals surface area contributed by atoms with Gasteiger partial charge in [-0.2, -0.15) is 9.97 Å². The Bertz CT molecular complexity index is 1060. The van der Waals surface area contributed by atoms with Crippen molar-refractivity contribution < 1.29 is 4.74 Å². The fourth-order valence-corrected chi connectivity index (χ4v) is 3.90. The van der Waals surface area contributed by atoms with E-state index in [1.54, 1.807) is 7.11 Å². The number of rotatable bonds is 3. The van der Waals surface area contributed by atoms with Gasteiger partial charge in [0, 0.05) is 44.8 Å². The van der Waals surface area contributed by atoms with Crippen LogP contribution in [0.3, 0.4) is 0 Å². The van der Waals surface area contributed by atoms with Gasteiger partial charge in [0.1, 0.15) is 17.5 Å². The Hall–Kier alpha value is -3.20. The normalized spacial score (nSPS) is 16.1. The summed E-state index contributed by atoms with van der Waals surface area (Å²) in [6, 6.07) is 8.02. The SMILES string of the molecule is COc1nc(N2CCNCC2)ccc1-c1nc(=N)nc2n3c(ccc1-2)NCC3. The van der Waals surface area contributed by atoms with Crippen LogP contribution in [0.4, 0.5) is 11.6 Å². The van der Waals surface area contributed by atoms with E-state index in [4.69, 9.17) is 15.1 Å². The molecule has 1 aromatic heterocycles. The van der Waals surface area contributed by atoms with Crippen molar-refractivity contribution in [3.63, 3.8) is 0 Å². The molecule has 3 N–H and O–H groups in total. The molecule has 5 rings (SSSR count). The van der Waals surface area contributed by atoms with E-state index in [0.29, 0.717) is 11.6 Å². The summed E-state index contributed by atoms with van der Waals surface area (Å²) in [4.78, 5) is 15.8. The summed E-state index contributed by atoms with van der Waals surface area (Å²) in [5.74, 6) is 3.17. The highest BCUT2D eigenvalue weighted by molar-refractivity contribution is 5.82. The molecule has 0 unspecified atom stereocenters. The lowest BCUT2D eigenvalue weighted by Crippen LogP contribution is -2.43.